The average molecular weight is 554 g/mol. The van der Waals surface area contributed by atoms with Crippen molar-refractivity contribution in [2.75, 3.05) is 13.1 Å². The van der Waals surface area contributed by atoms with Gasteiger partial charge in [0.15, 0.2) is 0 Å². The van der Waals surface area contributed by atoms with E-state index in [1.807, 2.05) is 38.1 Å². The molecule has 0 spiro atoms. The van der Waals surface area contributed by atoms with Gasteiger partial charge in [0, 0.05) is 30.0 Å². The van der Waals surface area contributed by atoms with Gasteiger partial charge >= 0.3 is 12.4 Å². The molecule has 0 unspecified atom stereocenters. The molecular formula is C29H26F7NO2. The van der Waals surface area contributed by atoms with Gasteiger partial charge in [0.1, 0.15) is 5.82 Å². The zero-order valence-electron chi connectivity index (χ0n) is 21.1. The number of aliphatic hydroxyl groups is 1. The Morgan fingerprint density at radius 2 is 1.44 bits per heavy atom. The SMILES string of the molecule is Cc1ccc(CC(=O)N2C[C@@H](c3ccc(C(O)(C(F)(F)F)C(F)(F)F)cc3)[C@@](C)(c3ccc(F)cc3)C2)cc1. The molecule has 0 aliphatic carbocycles. The van der Waals surface area contributed by atoms with Crippen LogP contribution in [0, 0.1) is 12.7 Å². The minimum atomic E-state index is -6.00. The normalized spacial score (nSPS) is 20.4. The van der Waals surface area contributed by atoms with Gasteiger partial charge in [-0.3, -0.25) is 4.79 Å². The maximum absolute atomic E-state index is 13.7. The Morgan fingerprint density at radius 3 is 1.95 bits per heavy atom. The molecule has 1 amide bonds. The van der Waals surface area contributed by atoms with Gasteiger partial charge in [0.05, 0.1) is 6.42 Å². The lowest BCUT2D eigenvalue weighted by Gasteiger charge is -2.34. The molecule has 1 aliphatic heterocycles. The first-order valence-electron chi connectivity index (χ1n) is 12.1. The van der Waals surface area contributed by atoms with Crippen molar-refractivity contribution in [2.24, 2.45) is 0 Å². The van der Waals surface area contributed by atoms with Gasteiger partial charge < -0.3 is 10.0 Å². The van der Waals surface area contributed by atoms with Crippen molar-refractivity contribution in [3.8, 4) is 0 Å². The molecule has 0 bridgehead atoms. The topological polar surface area (TPSA) is 40.5 Å². The van der Waals surface area contributed by atoms with E-state index in [1.54, 1.807) is 17.0 Å². The summed E-state index contributed by atoms with van der Waals surface area (Å²) in [6.07, 6.45) is -11.9. The Hall–Kier alpha value is -3.40. The summed E-state index contributed by atoms with van der Waals surface area (Å²) in [6, 6.07) is 16.5. The molecule has 208 valence electrons. The summed E-state index contributed by atoms with van der Waals surface area (Å²) >= 11 is 0. The minimum absolute atomic E-state index is 0.107. The summed E-state index contributed by atoms with van der Waals surface area (Å²) in [5, 5.41) is 9.75. The molecule has 3 nitrogen and oxygen atoms in total. The average Bonchev–Trinajstić information content (AvgIpc) is 3.22. The largest absolute Gasteiger partial charge is 0.430 e. The molecule has 1 aliphatic rings. The molecule has 0 saturated carbocycles. The van der Waals surface area contributed by atoms with Crippen LogP contribution in [0.2, 0.25) is 0 Å². The highest BCUT2D eigenvalue weighted by molar-refractivity contribution is 5.79. The van der Waals surface area contributed by atoms with E-state index in [-0.39, 0.29) is 25.4 Å². The van der Waals surface area contributed by atoms with E-state index in [0.717, 1.165) is 23.3 Å². The van der Waals surface area contributed by atoms with Crippen LogP contribution in [0.1, 0.15) is 40.7 Å². The number of carbonyl (C=O) groups excluding carboxylic acids is 1. The Bertz CT molecular complexity index is 1300. The van der Waals surface area contributed by atoms with Crippen LogP contribution in [0.4, 0.5) is 30.7 Å². The van der Waals surface area contributed by atoms with Crippen LogP contribution in [0.5, 0.6) is 0 Å². The van der Waals surface area contributed by atoms with Crippen molar-refractivity contribution in [3.63, 3.8) is 0 Å². The van der Waals surface area contributed by atoms with Gasteiger partial charge in [-0.25, -0.2) is 4.39 Å². The third-order valence-electron chi connectivity index (χ3n) is 7.58. The van der Waals surface area contributed by atoms with Crippen molar-refractivity contribution in [3.05, 3.63) is 106 Å². The first kappa shape index (κ1) is 28.6. The lowest BCUT2D eigenvalue weighted by Crippen LogP contribution is -2.53. The van der Waals surface area contributed by atoms with Gasteiger partial charge in [-0.15, -0.1) is 0 Å². The maximum Gasteiger partial charge on any atom is 0.430 e. The van der Waals surface area contributed by atoms with Gasteiger partial charge in [-0.2, -0.15) is 26.3 Å². The third kappa shape index (κ3) is 5.26. The highest BCUT2D eigenvalue weighted by Crippen LogP contribution is 2.51. The quantitative estimate of drug-likeness (QED) is 0.363. The summed E-state index contributed by atoms with van der Waals surface area (Å²) in [5.74, 6) is -1.22. The second kappa shape index (κ2) is 9.97. The van der Waals surface area contributed by atoms with E-state index in [2.05, 4.69) is 0 Å². The number of rotatable bonds is 5. The monoisotopic (exact) mass is 553 g/mol. The zero-order valence-corrected chi connectivity index (χ0v) is 21.1. The van der Waals surface area contributed by atoms with Crippen LogP contribution in [-0.4, -0.2) is 41.4 Å². The molecule has 3 aromatic rings. The van der Waals surface area contributed by atoms with Crippen LogP contribution in [0.3, 0.4) is 0 Å². The second-order valence-corrected chi connectivity index (χ2v) is 10.2. The molecule has 3 aromatic carbocycles. The van der Waals surface area contributed by atoms with Crippen molar-refractivity contribution < 1.29 is 40.6 Å². The van der Waals surface area contributed by atoms with Crippen LogP contribution in [0.15, 0.2) is 72.8 Å². The van der Waals surface area contributed by atoms with E-state index in [1.165, 1.54) is 12.1 Å². The fourth-order valence-corrected chi connectivity index (χ4v) is 5.22. The van der Waals surface area contributed by atoms with Crippen molar-refractivity contribution in [2.45, 2.75) is 49.6 Å². The molecular weight excluding hydrogens is 527 g/mol. The van der Waals surface area contributed by atoms with E-state index in [0.29, 0.717) is 23.3 Å². The Morgan fingerprint density at radius 1 is 0.897 bits per heavy atom. The van der Waals surface area contributed by atoms with Crippen molar-refractivity contribution >= 4 is 5.91 Å². The minimum Gasteiger partial charge on any atom is -0.369 e. The number of likely N-dealkylation sites (tertiary alicyclic amines) is 1. The number of carbonyl (C=O) groups is 1. The molecule has 1 fully saturated rings. The third-order valence-corrected chi connectivity index (χ3v) is 7.58. The lowest BCUT2D eigenvalue weighted by atomic mass is 9.71. The van der Waals surface area contributed by atoms with E-state index < -0.39 is 40.7 Å². The van der Waals surface area contributed by atoms with Crippen molar-refractivity contribution in [1.82, 2.24) is 4.90 Å². The summed E-state index contributed by atoms with van der Waals surface area (Å²) in [4.78, 5) is 14.8. The summed E-state index contributed by atoms with van der Waals surface area (Å²) in [5.41, 5.74) is -4.37. The van der Waals surface area contributed by atoms with Crippen molar-refractivity contribution in [1.29, 1.82) is 0 Å². The van der Waals surface area contributed by atoms with Crippen LogP contribution in [-0.2, 0) is 22.2 Å². The highest BCUT2D eigenvalue weighted by Gasteiger charge is 2.71. The molecule has 1 heterocycles. The summed E-state index contributed by atoms with van der Waals surface area (Å²) in [7, 11) is 0. The maximum atomic E-state index is 13.7. The molecule has 2 atom stereocenters. The van der Waals surface area contributed by atoms with Gasteiger partial charge in [0.25, 0.3) is 5.60 Å². The van der Waals surface area contributed by atoms with Gasteiger partial charge in [0.2, 0.25) is 5.91 Å². The molecule has 4 rings (SSSR count). The zero-order chi connectivity index (χ0) is 28.8. The number of benzene rings is 3. The fraction of sp³-hybridized carbons (Fsp3) is 0.345. The predicted molar refractivity (Wildman–Crippen MR) is 130 cm³/mol. The molecule has 1 saturated heterocycles. The van der Waals surface area contributed by atoms with Gasteiger partial charge in [-0.05, 0) is 35.7 Å². The van der Waals surface area contributed by atoms with E-state index in [4.69, 9.17) is 0 Å². The molecule has 10 heteroatoms. The Labute approximate surface area is 220 Å². The van der Waals surface area contributed by atoms with E-state index in [9.17, 15) is 40.6 Å². The van der Waals surface area contributed by atoms with Gasteiger partial charge in [-0.1, -0.05) is 73.2 Å². The Balaban J connectivity index is 1.70. The van der Waals surface area contributed by atoms with Crippen LogP contribution >= 0.6 is 0 Å². The molecule has 0 radical (unpaired) electrons. The summed E-state index contributed by atoms with van der Waals surface area (Å²) < 4.78 is 93.8. The highest BCUT2D eigenvalue weighted by atomic mass is 19.4. The summed E-state index contributed by atoms with van der Waals surface area (Å²) in [6.45, 7) is 4.07. The number of halogens is 7. The molecule has 1 N–H and O–H groups in total. The number of aryl methyl sites for hydroxylation is 1. The lowest BCUT2D eigenvalue weighted by molar-refractivity contribution is -0.376. The predicted octanol–water partition coefficient (Wildman–Crippen LogP) is 6.57. The number of nitrogens with zero attached hydrogens (tertiary/aromatic N) is 1. The number of amides is 1. The standard InChI is InChI=1S/C29H26F7NO2/c1-18-3-5-19(6-4-18)15-25(38)37-16-24(26(2,17-37)21-11-13-23(30)14-12-21)20-7-9-22(10-8-20)27(39,28(31,32)33)29(34,35)36/h3-14,24,39H,15-17H2,1-2H3/t24-,26+/m0/s1. The molecule has 39 heavy (non-hydrogen) atoms. The van der Waals surface area contributed by atoms with Crippen LogP contribution in [0.25, 0.3) is 0 Å². The first-order valence-corrected chi connectivity index (χ1v) is 12.1. The number of hydrogen-bond donors (Lipinski definition) is 1. The molecule has 0 aromatic heterocycles. The fourth-order valence-electron chi connectivity index (χ4n) is 5.22. The van der Waals surface area contributed by atoms with Crippen LogP contribution < -0.4 is 0 Å². The number of alkyl halides is 6. The first-order chi connectivity index (χ1) is 18.1. The number of hydrogen-bond acceptors (Lipinski definition) is 2. The smallest absolute Gasteiger partial charge is 0.369 e. The Kier molecular flexibility index (Phi) is 7.31. The van der Waals surface area contributed by atoms with E-state index >= 15 is 0 Å². The second-order valence-electron chi connectivity index (χ2n) is 10.2.